The Morgan fingerprint density at radius 2 is 2.00 bits per heavy atom. The van der Waals surface area contributed by atoms with Crippen LogP contribution < -0.4 is 10.2 Å². The average molecular weight is 389 g/mol. The first kappa shape index (κ1) is 19.8. The van der Waals surface area contributed by atoms with Gasteiger partial charge in [-0.15, -0.1) is 10.2 Å². The van der Waals surface area contributed by atoms with Crippen LogP contribution >= 0.6 is 11.3 Å². The zero-order valence-corrected chi connectivity index (χ0v) is 16.9. The van der Waals surface area contributed by atoms with Crippen molar-refractivity contribution >= 4 is 22.4 Å². The Kier molecular flexibility index (Phi) is 7.18. The third-order valence-electron chi connectivity index (χ3n) is 4.74. The van der Waals surface area contributed by atoms with E-state index in [2.05, 4.69) is 34.3 Å². The molecule has 0 bridgehead atoms. The van der Waals surface area contributed by atoms with Crippen LogP contribution in [0.15, 0.2) is 30.3 Å². The predicted octanol–water partition coefficient (Wildman–Crippen LogP) is 3.21. The van der Waals surface area contributed by atoms with Crippen LogP contribution in [0.3, 0.4) is 0 Å². The lowest BCUT2D eigenvalue weighted by Crippen LogP contribution is -2.39. The van der Waals surface area contributed by atoms with E-state index in [1.54, 1.807) is 11.3 Å². The van der Waals surface area contributed by atoms with Crippen LogP contribution in [0.25, 0.3) is 0 Å². The molecule has 1 aliphatic heterocycles. The third kappa shape index (κ3) is 6.01. The average Bonchev–Trinajstić information content (AvgIpc) is 3.18. The fraction of sp³-hybridized carbons (Fsp3) is 0.550. The van der Waals surface area contributed by atoms with Gasteiger partial charge in [0, 0.05) is 25.6 Å². The van der Waals surface area contributed by atoms with Gasteiger partial charge in [0.15, 0.2) is 0 Å². The first-order valence-corrected chi connectivity index (χ1v) is 10.4. The van der Waals surface area contributed by atoms with Gasteiger partial charge in [0.05, 0.1) is 6.61 Å². The fourth-order valence-corrected chi connectivity index (χ4v) is 3.96. The zero-order valence-electron chi connectivity index (χ0n) is 16.1. The van der Waals surface area contributed by atoms with Crippen molar-refractivity contribution in [1.29, 1.82) is 0 Å². The Morgan fingerprint density at radius 3 is 2.67 bits per heavy atom. The molecule has 0 saturated carbocycles. The summed E-state index contributed by atoms with van der Waals surface area (Å²) in [7, 11) is 0. The molecule has 7 heteroatoms. The van der Waals surface area contributed by atoms with Crippen LogP contribution in [0.4, 0.5) is 5.13 Å². The Bertz CT molecular complexity index is 712. The van der Waals surface area contributed by atoms with E-state index in [0.29, 0.717) is 25.0 Å². The maximum atomic E-state index is 12.0. The summed E-state index contributed by atoms with van der Waals surface area (Å²) in [6.45, 7) is 7.51. The van der Waals surface area contributed by atoms with Gasteiger partial charge in [-0.3, -0.25) is 4.79 Å². The molecule has 1 N–H and O–H groups in total. The van der Waals surface area contributed by atoms with E-state index in [9.17, 15) is 4.79 Å². The summed E-state index contributed by atoms with van der Waals surface area (Å²) in [4.78, 5) is 14.3. The van der Waals surface area contributed by atoms with Crippen LogP contribution in [0.1, 0.15) is 43.2 Å². The van der Waals surface area contributed by atoms with Gasteiger partial charge in [0.2, 0.25) is 11.0 Å². The Morgan fingerprint density at radius 1 is 1.26 bits per heavy atom. The molecule has 1 amide bonds. The number of rotatable bonds is 8. The number of ether oxygens (including phenoxy) is 1. The molecular weight excluding hydrogens is 360 g/mol. The molecule has 2 heterocycles. The summed E-state index contributed by atoms with van der Waals surface area (Å²) in [6.07, 6.45) is 2.11. The van der Waals surface area contributed by atoms with E-state index >= 15 is 0 Å². The van der Waals surface area contributed by atoms with Crippen molar-refractivity contribution in [3.63, 3.8) is 0 Å². The number of benzene rings is 1. The van der Waals surface area contributed by atoms with Crippen LogP contribution in [0.2, 0.25) is 0 Å². The number of hydrogen-bond acceptors (Lipinski definition) is 6. The third-order valence-corrected chi connectivity index (χ3v) is 6.03. The highest BCUT2D eigenvalue weighted by Gasteiger charge is 2.22. The van der Waals surface area contributed by atoms with Crippen molar-refractivity contribution in [1.82, 2.24) is 15.5 Å². The lowest BCUT2D eigenvalue weighted by Gasteiger charge is -2.31. The number of piperidine rings is 1. The van der Waals surface area contributed by atoms with Crippen molar-refractivity contribution in [2.75, 3.05) is 31.1 Å². The first-order valence-electron chi connectivity index (χ1n) is 9.58. The molecule has 27 heavy (non-hydrogen) atoms. The van der Waals surface area contributed by atoms with Gasteiger partial charge in [0.1, 0.15) is 11.6 Å². The largest absolute Gasteiger partial charge is 0.367 e. The van der Waals surface area contributed by atoms with E-state index in [1.165, 1.54) is 0 Å². The SMILES string of the molecule is CC(C)c1nnc(N2CCC(CNC(=O)COCc3ccccc3)CC2)s1. The number of carbonyl (C=O) groups excluding carboxylic acids is 1. The molecule has 146 valence electrons. The van der Waals surface area contributed by atoms with Crippen molar-refractivity contribution in [3.05, 3.63) is 40.9 Å². The molecule has 1 fully saturated rings. The summed E-state index contributed by atoms with van der Waals surface area (Å²) in [5.41, 5.74) is 1.08. The normalized spacial score (nSPS) is 15.3. The fourth-order valence-electron chi connectivity index (χ4n) is 3.06. The van der Waals surface area contributed by atoms with E-state index < -0.39 is 0 Å². The standard InChI is InChI=1S/C20H28N4O2S/c1-15(2)19-22-23-20(27-19)24-10-8-16(9-11-24)12-21-18(25)14-26-13-17-6-4-3-5-7-17/h3-7,15-16H,8-14H2,1-2H3,(H,21,25). The van der Waals surface area contributed by atoms with Crippen LogP contribution in [0, 0.1) is 5.92 Å². The maximum absolute atomic E-state index is 12.0. The number of nitrogens with zero attached hydrogens (tertiary/aromatic N) is 3. The first-order chi connectivity index (χ1) is 13.1. The number of hydrogen-bond donors (Lipinski definition) is 1. The lowest BCUT2D eigenvalue weighted by atomic mass is 9.97. The molecule has 1 aromatic heterocycles. The molecular formula is C20H28N4O2S. The number of nitrogens with one attached hydrogen (secondary N) is 1. The molecule has 6 nitrogen and oxygen atoms in total. The second-order valence-electron chi connectivity index (χ2n) is 7.29. The van der Waals surface area contributed by atoms with Crippen LogP contribution in [-0.4, -0.2) is 42.3 Å². The van der Waals surface area contributed by atoms with Gasteiger partial charge in [-0.05, 0) is 24.3 Å². The summed E-state index contributed by atoms with van der Waals surface area (Å²) in [5, 5.41) is 13.7. The Labute approximate surface area is 164 Å². The smallest absolute Gasteiger partial charge is 0.246 e. The number of carbonyl (C=O) groups is 1. The molecule has 2 aromatic rings. The summed E-state index contributed by atoms with van der Waals surface area (Å²) in [5.74, 6) is 0.893. The van der Waals surface area contributed by atoms with Crippen LogP contribution in [0.5, 0.6) is 0 Å². The maximum Gasteiger partial charge on any atom is 0.246 e. The van der Waals surface area contributed by atoms with Crippen molar-refractivity contribution in [3.8, 4) is 0 Å². The molecule has 0 unspecified atom stereocenters. The Hall–Kier alpha value is -1.99. The highest BCUT2D eigenvalue weighted by Crippen LogP contribution is 2.28. The van der Waals surface area contributed by atoms with E-state index in [0.717, 1.165) is 41.6 Å². The monoisotopic (exact) mass is 388 g/mol. The minimum absolute atomic E-state index is 0.0425. The van der Waals surface area contributed by atoms with Crippen molar-refractivity contribution < 1.29 is 9.53 Å². The van der Waals surface area contributed by atoms with Gasteiger partial charge < -0.3 is 15.0 Å². The number of amides is 1. The van der Waals surface area contributed by atoms with E-state index in [4.69, 9.17) is 4.74 Å². The molecule has 0 atom stereocenters. The summed E-state index contributed by atoms with van der Waals surface area (Å²) >= 11 is 1.69. The molecule has 0 radical (unpaired) electrons. The minimum atomic E-state index is -0.0425. The predicted molar refractivity (Wildman–Crippen MR) is 108 cm³/mol. The highest BCUT2D eigenvalue weighted by molar-refractivity contribution is 7.15. The van der Waals surface area contributed by atoms with Gasteiger partial charge in [0.25, 0.3) is 0 Å². The van der Waals surface area contributed by atoms with E-state index in [-0.39, 0.29) is 12.5 Å². The second kappa shape index (κ2) is 9.80. The van der Waals surface area contributed by atoms with Crippen molar-refractivity contribution in [2.24, 2.45) is 5.92 Å². The highest BCUT2D eigenvalue weighted by atomic mass is 32.1. The molecule has 1 aromatic carbocycles. The van der Waals surface area contributed by atoms with Gasteiger partial charge in [-0.1, -0.05) is 55.5 Å². The zero-order chi connectivity index (χ0) is 19.1. The summed E-state index contributed by atoms with van der Waals surface area (Å²) < 4.78 is 5.48. The van der Waals surface area contributed by atoms with Crippen molar-refractivity contribution in [2.45, 2.75) is 39.2 Å². The van der Waals surface area contributed by atoms with Gasteiger partial charge in [-0.25, -0.2) is 0 Å². The summed E-state index contributed by atoms with van der Waals surface area (Å²) in [6, 6.07) is 9.89. The second-order valence-corrected chi connectivity index (χ2v) is 8.28. The van der Waals surface area contributed by atoms with Gasteiger partial charge in [-0.2, -0.15) is 0 Å². The molecule has 1 saturated heterocycles. The molecule has 0 spiro atoms. The molecule has 0 aliphatic carbocycles. The minimum Gasteiger partial charge on any atom is -0.367 e. The number of aromatic nitrogens is 2. The molecule has 1 aliphatic rings. The number of anilines is 1. The van der Waals surface area contributed by atoms with E-state index in [1.807, 2.05) is 30.3 Å². The van der Waals surface area contributed by atoms with Gasteiger partial charge >= 0.3 is 0 Å². The van der Waals surface area contributed by atoms with Crippen LogP contribution in [-0.2, 0) is 16.1 Å². The topological polar surface area (TPSA) is 67.4 Å². The lowest BCUT2D eigenvalue weighted by molar-refractivity contribution is -0.126. The Balaban J connectivity index is 1.32. The quantitative estimate of drug-likeness (QED) is 0.752. The molecule has 3 rings (SSSR count).